The Morgan fingerprint density at radius 1 is 1.41 bits per heavy atom. The molecule has 1 aromatic carbocycles. The Labute approximate surface area is 130 Å². The Morgan fingerprint density at radius 2 is 2.09 bits per heavy atom. The Balaban J connectivity index is 1.97. The summed E-state index contributed by atoms with van der Waals surface area (Å²) in [6.07, 6.45) is 3.53. The third-order valence-corrected chi connectivity index (χ3v) is 4.36. The van der Waals surface area contributed by atoms with Crippen molar-refractivity contribution in [2.75, 3.05) is 26.1 Å². The van der Waals surface area contributed by atoms with Crippen molar-refractivity contribution in [1.82, 2.24) is 4.90 Å². The average Bonchev–Trinajstić information content (AvgIpc) is 2.56. The van der Waals surface area contributed by atoms with Crippen LogP contribution in [-0.4, -0.2) is 42.8 Å². The highest BCUT2D eigenvalue weighted by Crippen LogP contribution is 2.27. The SMILES string of the molecule is COc1ccc(F)c(NC(=O)N(C)C2CCC(CO)CC2)c1. The summed E-state index contributed by atoms with van der Waals surface area (Å²) in [6.45, 7) is 0.206. The maximum atomic E-state index is 13.8. The van der Waals surface area contributed by atoms with Crippen molar-refractivity contribution >= 4 is 11.7 Å². The minimum atomic E-state index is -0.494. The first-order valence-corrected chi connectivity index (χ1v) is 7.53. The normalized spacial score (nSPS) is 21.3. The van der Waals surface area contributed by atoms with Crippen LogP contribution in [0.3, 0.4) is 0 Å². The van der Waals surface area contributed by atoms with E-state index >= 15 is 0 Å². The van der Waals surface area contributed by atoms with Crippen molar-refractivity contribution < 1.29 is 19.0 Å². The monoisotopic (exact) mass is 310 g/mol. The van der Waals surface area contributed by atoms with Gasteiger partial charge in [-0.3, -0.25) is 0 Å². The molecule has 0 unspecified atom stereocenters. The molecule has 2 N–H and O–H groups in total. The summed E-state index contributed by atoms with van der Waals surface area (Å²) in [5, 5.41) is 11.7. The molecule has 1 aliphatic rings. The fraction of sp³-hybridized carbons (Fsp3) is 0.562. The maximum Gasteiger partial charge on any atom is 0.321 e. The quantitative estimate of drug-likeness (QED) is 0.899. The molecule has 1 aliphatic carbocycles. The zero-order valence-electron chi connectivity index (χ0n) is 13.0. The number of hydrogen-bond donors (Lipinski definition) is 2. The van der Waals surface area contributed by atoms with Crippen LogP contribution in [0.2, 0.25) is 0 Å². The standard InChI is InChI=1S/C16H23FN2O3/c1-19(12-5-3-11(10-20)4-6-12)16(21)18-15-9-13(22-2)7-8-14(15)17/h7-9,11-12,20H,3-6,10H2,1-2H3,(H,18,21). The minimum absolute atomic E-state index is 0.111. The van der Waals surface area contributed by atoms with Gasteiger partial charge in [-0.05, 0) is 43.7 Å². The van der Waals surface area contributed by atoms with E-state index in [1.165, 1.54) is 25.3 Å². The molecule has 2 rings (SSSR count). The van der Waals surface area contributed by atoms with Crippen molar-refractivity contribution in [3.05, 3.63) is 24.0 Å². The average molecular weight is 310 g/mol. The predicted molar refractivity (Wildman–Crippen MR) is 82.6 cm³/mol. The molecule has 0 aromatic heterocycles. The van der Waals surface area contributed by atoms with Gasteiger partial charge in [-0.2, -0.15) is 0 Å². The van der Waals surface area contributed by atoms with Crippen molar-refractivity contribution in [3.8, 4) is 5.75 Å². The summed E-state index contributed by atoms with van der Waals surface area (Å²) in [5.41, 5.74) is 0.111. The first-order chi connectivity index (χ1) is 10.5. The second-order valence-corrected chi connectivity index (χ2v) is 5.74. The van der Waals surface area contributed by atoms with Crippen molar-refractivity contribution in [2.45, 2.75) is 31.7 Å². The van der Waals surface area contributed by atoms with Gasteiger partial charge in [0.2, 0.25) is 0 Å². The van der Waals surface area contributed by atoms with Gasteiger partial charge in [0, 0.05) is 25.8 Å². The van der Waals surface area contributed by atoms with Crippen molar-refractivity contribution in [3.63, 3.8) is 0 Å². The van der Waals surface area contributed by atoms with Crippen LogP contribution in [0.4, 0.5) is 14.9 Å². The molecule has 0 bridgehead atoms. The third-order valence-electron chi connectivity index (χ3n) is 4.36. The lowest BCUT2D eigenvalue weighted by molar-refractivity contribution is 0.139. The van der Waals surface area contributed by atoms with E-state index < -0.39 is 5.82 Å². The van der Waals surface area contributed by atoms with E-state index in [2.05, 4.69) is 5.32 Å². The van der Waals surface area contributed by atoms with Crippen LogP contribution in [-0.2, 0) is 0 Å². The van der Waals surface area contributed by atoms with Gasteiger partial charge in [-0.1, -0.05) is 0 Å². The number of rotatable bonds is 4. The van der Waals surface area contributed by atoms with Gasteiger partial charge in [0.25, 0.3) is 0 Å². The molecule has 5 nitrogen and oxygen atoms in total. The molecule has 122 valence electrons. The Kier molecular flexibility index (Phi) is 5.60. The predicted octanol–water partition coefficient (Wildman–Crippen LogP) is 2.85. The first kappa shape index (κ1) is 16.5. The van der Waals surface area contributed by atoms with Gasteiger partial charge < -0.3 is 20.1 Å². The fourth-order valence-electron chi connectivity index (χ4n) is 2.81. The number of ether oxygens (including phenoxy) is 1. The number of aliphatic hydroxyl groups is 1. The van der Waals surface area contributed by atoms with Gasteiger partial charge in [0.15, 0.2) is 0 Å². The van der Waals surface area contributed by atoms with Crippen LogP contribution in [0.15, 0.2) is 18.2 Å². The smallest absolute Gasteiger partial charge is 0.321 e. The molecular weight excluding hydrogens is 287 g/mol. The maximum absolute atomic E-state index is 13.8. The molecule has 22 heavy (non-hydrogen) atoms. The van der Waals surface area contributed by atoms with E-state index in [4.69, 9.17) is 9.84 Å². The Morgan fingerprint density at radius 3 is 2.68 bits per heavy atom. The number of methoxy groups -OCH3 is 1. The summed E-state index contributed by atoms with van der Waals surface area (Å²) >= 11 is 0. The van der Waals surface area contributed by atoms with Crippen LogP contribution in [0, 0.1) is 11.7 Å². The molecular formula is C16H23FN2O3. The molecule has 2 amide bonds. The highest BCUT2D eigenvalue weighted by molar-refractivity contribution is 5.89. The highest BCUT2D eigenvalue weighted by Gasteiger charge is 2.26. The van der Waals surface area contributed by atoms with E-state index in [9.17, 15) is 9.18 Å². The molecule has 0 saturated heterocycles. The largest absolute Gasteiger partial charge is 0.497 e. The van der Waals surface area contributed by atoms with Crippen LogP contribution in [0.25, 0.3) is 0 Å². The second-order valence-electron chi connectivity index (χ2n) is 5.74. The van der Waals surface area contributed by atoms with Crippen LogP contribution in [0.5, 0.6) is 5.75 Å². The van der Waals surface area contributed by atoms with Crippen LogP contribution in [0.1, 0.15) is 25.7 Å². The summed E-state index contributed by atoms with van der Waals surface area (Å²) in [5.74, 6) is 0.331. The third kappa shape index (κ3) is 3.88. The molecule has 6 heteroatoms. The number of halogens is 1. The molecule has 1 fully saturated rings. The number of aliphatic hydroxyl groups excluding tert-OH is 1. The van der Waals surface area contributed by atoms with E-state index in [1.54, 1.807) is 11.9 Å². The number of anilines is 1. The summed E-state index contributed by atoms with van der Waals surface area (Å²) in [4.78, 5) is 13.9. The Bertz CT molecular complexity index is 516. The van der Waals surface area contributed by atoms with Crippen molar-refractivity contribution in [2.24, 2.45) is 5.92 Å². The molecule has 0 spiro atoms. The van der Waals surface area contributed by atoms with Gasteiger partial charge in [-0.15, -0.1) is 0 Å². The number of nitrogens with one attached hydrogen (secondary N) is 1. The molecule has 0 atom stereocenters. The number of carbonyl (C=O) groups is 1. The Hall–Kier alpha value is -1.82. The lowest BCUT2D eigenvalue weighted by Crippen LogP contribution is -2.42. The van der Waals surface area contributed by atoms with Gasteiger partial charge >= 0.3 is 6.03 Å². The summed E-state index contributed by atoms with van der Waals surface area (Å²) in [6, 6.07) is 4.02. The number of benzene rings is 1. The topological polar surface area (TPSA) is 61.8 Å². The number of nitrogens with zero attached hydrogens (tertiary/aromatic N) is 1. The van der Waals surface area contributed by atoms with Crippen molar-refractivity contribution in [1.29, 1.82) is 0 Å². The van der Waals surface area contributed by atoms with Crippen LogP contribution < -0.4 is 10.1 Å². The molecule has 1 saturated carbocycles. The number of amides is 2. The molecule has 1 aromatic rings. The van der Waals surface area contributed by atoms with E-state index in [1.807, 2.05) is 0 Å². The van der Waals surface area contributed by atoms with Gasteiger partial charge in [0.1, 0.15) is 11.6 Å². The number of carbonyl (C=O) groups excluding carboxylic acids is 1. The molecule has 0 heterocycles. The number of hydrogen-bond acceptors (Lipinski definition) is 3. The first-order valence-electron chi connectivity index (χ1n) is 7.53. The van der Waals surface area contributed by atoms with E-state index in [0.29, 0.717) is 11.7 Å². The lowest BCUT2D eigenvalue weighted by Gasteiger charge is -2.34. The zero-order valence-corrected chi connectivity index (χ0v) is 13.0. The molecule has 0 radical (unpaired) electrons. The summed E-state index contributed by atoms with van der Waals surface area (Å²) < 4.78 is 18.8. The van der Waals surface area contributed by atoms with Gasteiger partial charge in [0.05, 0.1) is 12.8 Å². The fourth-order valence-corrected chi connectivity index (χ4v) is 2.81. The van der Waals surface area contributed by atoms with Gasteiger partial charge in [-0.25, -0.2) is 9.18 Å². The molecule has 0 aliphatic heterocycles. The second kappa shape index (κ2) is 7.45. The van der Waals surface area contributed by atoms with E-state index in [0.717, 1.165) is 25.7 Å². The van der Waals surface area contributed by atoms with Crippen LogP contribution >= 0.6 is 0 Å². The number of urea groups is 1. The summed E-state index contributed by atoms with van der Waals surface area (Å²) in [7, 11) is 3.21. The highest BCUT2D eigenvalue weighted by atomic mass is 19.1. The minimum Gasteiger partial charge on any atom is -0.497 e. The zero-order chi connectivity index (χ0) is 16.1. The lowest BCUT2D eigenvalue weighted by atomic mass is 9.86. The van der Waals surface area contributed by atoms with E-state index in [-0.39, 0.29) is 24.4 Å².